The number of aliphatic hydroxyl groups is 1. The van der Waals surface area contributed by atoms with Gasteiger partial charge in [0.25, 0.3) is 0 Å². The Morgan fingerprint density at radius 1 is 1.26 bits per heavy atom. The van der Waals surface area contributed by atoms with Crippen molar-refractivity contribution in [1.82, 2.24) is 0 Å². The summed E-state index contributed by atoms with van der Waals surface area (Å²) in [5.74, 6) is 0.913. The van der Waals surface area contributed by atoms with E-state index in [2.05, 4.69) is 33.8 Å². The zero-order valence-electron chi connectivity index (χ0n) is 17.7. The van der Waals surface area contributed by atoms with Crippen LogP contribution < -0.4 is 0 Å². The van der Waals surface area contributed by atoms with E-state index in [1.54, 1.807) is 0 Å². The van der Waals surface area contributed by atoms with E-state index in [4.69, 9.17) is 9.84 Å². The summed E-state index contributed by atoms with van der Waals surface area (Å²) in [5, 5.41) is 19.4. The molecule has 1 aliphatic heterocycles. The van der Waals surface area contributed by atoms with Crippen LogP contribution in [0.3, 0.4) is 0 Å². The number of hydrogen-bond donors (Lipinski definition) is 2. The zero-order valence-corrected chi connectivity index (χ0v) is 17.7. The minimum Gasteiger partial charge on any atom is -0.481 e. The Balaban J connectivity index is 1.86. The fourth-order valence-corrected chi connectivity index (χ4v) is 4.88. The van der Waals surface area contributed by atoms with Gasteiger partial charge < -0.3 is 14.9 Å². The third-order valence-corrected chi connectivity index (χ3v) is 6.79. The molecule has 0 radical (unpaired) electrons. The second-order valence-corrected chi connectivity index (χ2v) is 9.55. The molecule has 1 saturated carbocycles. The lowest BCUT2D eigenvalue weighted by Gasteiger charge is -2.29. The molecule has 0 aromatic rings. The highest BCUT2D eigenvalue weighted by molar-refractivity contribution is 5.66. The highest BCUT2D eigenvalue weighted by Crippen LogP contribution is 2.48. The van der Waals surface area contributed by atoms with Crippen LogP contribution in [0.15, 0.2) is 12.2 Å². The summed E-state index contributed by atoms with van der Waals surface area (Å²) in [6.07, 6.45) is 13.0. The Kier molecular flexibility index (Phi) is 8.36. The molecule has 27 heavy (non-hydrogen) atoms. The summed E-state index contributed by atoms with van der Waals surface area (Å²) >= 11 is 0. The van der Waals surface area contributed by atoms with Gasteiger partial charge in [0.2, 0.25) is 0 Å². The number of hydrogen-bond acceptors (Lipinski definition) is 3. The maximum absolute atomic E-state index is 10.7. The summed E-state index contributed by atoms with van der Waals surface area (Å²) in [7, 11) is 0. The number of ether oxygens (including phenoxy) is 1. The molecular weight excluding hydrogens is 340 g/mol. The summed E-state index contributed by atoms with van der Waals surface area (Å²) in [4.78, 5) is 10.6. The lowest BCUT2D eigenvalue weighted by Crippen LogP contribution is -2.28. The van der Waals surface area contributed by atoms with Crippen LogP contribution in [0, 0.1) is 23.2 Å². The predicted molar refractivity (Wildman–Crippen MR) is 109 cm³/mol. The molecule has 0 aromatic carbocycles. The number of unbranched alkanes of at least 4 members (excludes halogenated alkanes) is 2. The van der Waals surface area contributed by atoms with E-state index in [1.807, 2.05) is 6.08 Å². The van der Waals surface area contributed by atoms with E-state index in [0.29, 0.717) is 23.9 Å². The first-order valence-corrected chi connectivity index (χ1v) is 11.0. The Labute approximate surface area is 165 Å². The number of carboxylic acid groups (broad SMARTS) is 1. The molecule has 2 fully saturated rings. The van der Waals surface area contributed by atoms with Crippen molar-refractivity contribution in [3.63, 3.8) is 0 Å². The molecule has 0 amide bonds. The van der Waals surface area contributed by atoms with Gasteiger partial charge in [-0.1, -0.05) is 59.1 Å². The van der Waals surface area contributed by atoms with Gasteiger partial charge in [0.1, 0.15) is 0 Å². The van der Waals surface area contributed by atoms with Gasteiger partial charge in [-0.15, -0.1) is 0 Å². The molecule has 2 aliphatic rings. The van der Waals surface area contributed by atoms with Crippen LogP contribution >= 0.6 is 0 Å². The van der Waals surface area contributed by atoms with Crippen molar-refractivity contribution in [1.29, 1.82) is 0 Å². The lowest BCUT2D eigenvalue weighted by molar-refractivity contribution is -0.137. The predicted octanol–water partition coefficient (Wildman–Crippen LogP) is 5.19. The fraction of sp³-hybridized carbons (Fsp3) is 0.870. The van der Waals surface area contributed by atoms with Crippen LogP contribution in [0.2, 0.25) is 0 Å². The Morgan fingerprint density at radius 3 is 2.67 bits per heavy atom. The fourth-order valence-electron chi connectivity index (χ4n) is 4.88. The lowest BCUT2D eigenvalue weighted by atomic mass is 9.80. The number of aliphatic hydroxyl groups excluding tert-OH is 1. The standard InChI is InChI=1S/C23H40O4/c1-5-6-13-23(3,4)21(24)12-11-18-16(2)14-20-19(18)15-17(27-20)9-7-8-10-22(25)26/h11-12,16-21,24H,5-10,13-15H2,1-4H3,(H,25,26)/b12-11+/t16?,17?,18-,19+,20?,21?/m0/s1. The minimum atomic E-state index is -0.710. The second-order valence-electron chi connectivity index (χ2n) is 9.55. The first-order valence-electron chi connectivity index (χ1n) is 11.0. The number of allylic oxidation sites excluding steroid dienone is 1. The van der Waals surface area contributed by atoms with Crippen molar-refractivity contribution >= 4 is 5.97 Å². The molecule has 156 valence electrons. The second kappa shape index (κ2) is 10.1. The Hall–Kier alpha value is -0.870. The monoisotopic (exact) mass is 380 g/mol. The first-order chi connectivity index (χ1) is 12.7. The molecule has 0 spiro atoms. The number of carboxylic acids is 1. The molecule has 0 aromatic heterocycles. The third kappa shape index (κ3) is 6.32. The summed E-state index contributed by atoms with van der Waals surface area (Å²) in [6.45, 7) is 8.80. The largest absolute Gasteiger partial charge is 0.481 e. The molecule has 2 rings (SSSR count). The third-order valence-electron chi connectivity index (χ3n) is 6.79. The number of rotatable bonds is 11. The Bertz CT molecular complexity index is 499. The van der Waals surface area contributed by atoms with Crippen LogP contribution in [-0.4, -0.2) is 34.5 Å². The zero-order chi connectivity index (χ0) is 20.0. The van der Waals surface area contributed by atoms with E-state index < -0.39 is 12.1 Å². The average molecular weight is 381 g/mol. The smallest absolute Gasteiger partial charge is 0.303 e. The number of carbonyl (C=O) groups is 1. The highest BCUT2D eigenvalue weighted by atomic mass is 16.5. The minimum absolute atomic E-state index is 0.0768. The molecule has 4 nitrogen and oxygen atoms in total. The van der Waals surface area contributed by atoms with E-state index >= 15 is 0 Å². The number of fused-ring (bicyclic) bond motifs is 1. The van der Waals surface area contributed by atoms with Crippen LogP contribution in [-0.2, 0) is 9.53 Å². The number of aliphatic carboxylic acids is 1. The van der Waals surface area contributed by atoms with Crippen molar-refractivity contribution in [2.45, 2.75) is 104 Å². The molecule has 4 heteroatoms. The van der Waals surface area contributed by atoms with Gasteiger partial charge in [-0.05, 0) is 55.3 Å². The summed E-state index contributed by atoms with van der Waals surface area (Å²) in [5.41, 5.74) is -0.0768. The van der Waals surface area contributed by atoms with Crippen molar-refractivity contribution in [3.05, 3.63) is 12.2 Å². The molecule has 1 saturated heterocycles. The van der Waals surface area contributed by atoms with Gasteiger partial charge in [-0.2, -0.15) is 0 Å². The topological polar surface area (TPSA) is 66.8 Å². The highest BCUT2D eigenvalue weighted by Gasteiger charge is 2.46. The first kappa shape index (κ1) is 22.4. The van der Waals surface area contributed by atoms with Crippen LogP contribution in [0.25, 0.3) is 0 Å². The molecular formula is C23H40O4. The SMILES string of the molecule is CCCCC(C)(C)C(O)/C=C/[C@H]1C(C)CC2OC(CCCCC(=O)O)C[C@@H]21. The van der Waals surface area contributed by atoms with Crippen LogP contribution in [0.1, 0.15) is 85.5 Å². The van der Waals surface area contributed by atoms with Gasteiger partial charge in [0.05, 0.1) is 18.3 Å². The van der Waals surface area contributed by atoms with E-state index in [9.17, 15) is 9.90 Å². The Morgan fingerprint density at radius 2 is 2.00 bits per heavy atom. The quantitative estimate of drug-likeness (QED) is 0.382. The molecule has 4 unspecified atom stereocenters. The maximum Gasteiger partial charge on any atom is 0.303 e. The van der Waals surface area contributed by atoms with Gasteiger partial charge in [-0.25, -0.2) is 0 Å². The average Bonchev–Trinajstić information content (AvgIpc) is 3.11. The van der Waals surface area contributed by atoms with E-state index in [0.717, 1.165) is 51.4 Å². The van der Waals surface area contributed by atoms with Crippen LogP contribution in [0.4, 0.5) is 0 Å². The van der Waals surface area contributed by atoms with E-state index in [1.165, 1.54) is 0 Å². The summed E-state index contributed by atoms with van der Waals surface area (Å²) in [6, 6.07) is 0. The molecule has 2 N–H and O–H groups in total. The maximum atomic E-state index is 10.7. The molecule has 0 bridgehead atoms. The van der Waals surface area contributed by atoms with Crippen molar-refractivity contribution in [2.24, 2.45) is 23.2 Å². The van der Waals surface area contributed by atoms with Crippen molar-refractivity contribution < 1.29 is 19.7 Å². The van der Waals surface area contributed by atoms with Gasteiger partial charge in [0, 0.05) is 6.42 Å². The van der Waals surface area contributed by atoms with Crippen LogP contribution in [0.5, 0.6) is 0 Å². The van der Waals surface area contributed by atoms with E-state index in [-0.39, 0.29) is 17.9 Å². The van der Waals surface area contributed by atoms with Crippen molar-refractivity contribution in [2.75, 3.05) is 0 Å². The van der Waals surface area contributed by atoms with Crippen molar-refractivity contribution in [3.8, 4) is 0 Å². The van der Waals surface area contributed by atoms with Gasteiger partial charge >= 0.3 is 5.97 Å². The molecule has 1 heterocycles. The molecule has 6 atom stereocenters. The van der Waals surface area contributed by atoms with Gasteiger partial charge in [-0.3, -0.25) is 4.79 Å². The van der Waals surface area contributed by atoms with Gasteiger partial charge in [0.15, 0.2) is 0 Å². The molecule has 1 aliphatic carbocycles. The summed E-state index contributed by atoms with van der Waals surface area (Å²) < 4.78 is 6.28. The normalized spacial score (nSPS) is 32.1.